The summed E-state index contributed by atoms with van der Waals surface area (Å²) in [6.45, 7) is 6.88. The lowest BCUT2D eigenvalue weighted by Crippen LogP contribution is -1.93. The van der Waals surface area contributed by atoms with Gasteiger partial charge in [0.15, 0.2) is 5.82 Å². The largest absolute Gasteiger partial charge is 0.465 e. The average molecular weight is 485 g/mol. The summed E-state index contributed by atoms with van der Waals surface area (Å²) >= 11 is 0. The van der Waals surface area contributed by atoms with Crippen LogP contribution in [-0.2, 0) is 6.42 Å². The molecular formula is C33H44N2O. The van der Waals surface area contributed by atoms with Crippen molar-refractivity contribution in [3.63, 3.8) is 0 Å². The van der Waals surface area contributed by atoms with Gasteiger partial charge in [-0.15, -0.1) is 0 Å². The predicted molar refractivity (Wildman–Crippen MR) is 153 cm³/mol. The van der Waals surface area contributed by atoms with Crippen LogP contribution >= 0.6 is 0 Å². The molecule has 0 fully saturated rings. The van der Waals surface area contributed by atoms with Gasteiger partial charge in [0, 0.05) is 23.5 Å². The molecule has 3 rings (SSSR count). The fraction of sp³-hybridized carbons (Fsp3) is 0.455. The summed E-state index contributed by atoms with van der Waals surface area (Å²) in [6.07, 6.45) is 21.7. The molecule has 192 valence electrons. The number of aryl methyl sites for hydroxylation is 1. The van der Waals surface area contributed by atoms with Crippen molar-refractivity contribution in [1.29, 1.82) is 0 Å². The molecule has 3 heteroatoms. The number of nitrogens with zero attached hydrogens (tertiary/aromatic N) is 2. The maximum atomic E-state index is 5.72. The summed E-state index contributed by atoms with van der Waals surface area (Å²) in [7, 11) is 0. The number of hydrogen-bond donors (Lipinski definition) is 0. The lowest BCUT2D eigenvalue weighted by Gasteiger charge is -2.08. The molecule has 0 N–H and O–H groups in total. The van der Waals surface area contributed by atoms with Gasteiger partial charge in [-0.3, -0.25) is 0 Å². The quantitative estimate of drug-likeness (QED) is 0.150. The molecular weight excluding hydrogens is 440 g/mol. The molecule has 3 nitrogen and oxygen atoms in total. The number of benzene rings is 2. The highest BCUT2D eigenvalue weighted by Crippen LogP contribution is 2.23. The van der Waals surface area contributed by atoms with Gasteiger partial charge in [-0.2, -0.15) is 0 Å². The van der Waals surface area contributed by atoms with Gasteiger partial charge in [0.25, 0.3) is 0 Å². The normalized spacial score (nSPS) is 12.2. The van der Waals surface area contributed by atoms with Crippen molar-refractivity contribution < 1.29 is 4.74 Å². The summed E-state index contributed by atoms with van der Waals surface area (Å²) in [5.41, 5.74) is 4.60. The van der Waals surface area contributed by atoms with Crippen LogP contribution in [-0.4, -0.2) is 9.97 Å². The van der Waals surface area contributed by atoms with Gasteiger partial charge in [0.2, 0.25) is 0 Å². The number of rotatable bonds is 16. The fourth-order valence-electron chi connectivity index (χ4n) is 4.26. The topological polar surface area (TPSA) is 35.0 Å². The van der Waals surface area contributed by atoms with Gasteiger partial charge in [-0.25, -0.2) is 9.97 Å². The standard InChI is InChI=1S/C33H44N2O/c1-4-6-7-8-9-13-24-36-32-22-20-30(21-23-32)33-34-25-31(26-35-33)29-18-16-28(17-19-29)15-12-10-11-14-27(3)5-2/h13,16-27H,4-12,14-15H2,1-3H3/b24-13+/t27-/m0/s1. The Kier molecular flexibility index (Phi) is 12.2. The van der Waals surface area contributed by atoms with Crippen molar-refractivity contribution in [2.24, 2.45) is 5.92 Å². The van der Waals surface area contributed by atoms with Gasteiger partial charge < -0.3 is 4.74 Å². The third kappa shape index (κ3) is 9.60. The van der Waals surface area contributed by atoms with Gasteiger partial charge in [0.1, 0.15) is 5.75 Å². The van der Waals surface area contributed by atoms with Crippen LogP contribution in [0.5, 0.6) is 5.75 Å². The number of allylic oxidation sites excluding steroid dienone is 1. The number of unbranched alkanes of at least 4 members (excludes halogenated alkanes) is 6. The molecule has 2 aromatic carbocycles. The Morgan fingerprint density at radius 3 is 2.14 bits per heavy atom. The molecule has 0 bridgehead atoms. The highest BCUT2D eigenvalue weighted by Gasteiger charge is 2.05. The van der Waals surface area contributed by atoms with Gasteiger partial charge in [-0.05, 0) is 73.1 Å². The summed E-state index contributed by atoms with van der Waals surface area (Å²) in [5, 5.41) is 0. The second kappa shape index (κ2) is 15.9. The van der Waals surface area contributed by atoms with Gasteiger partial charge in [-0.1, -0.05) is 90.0 Å². The Morgan fingerprint density at radius 1 is 0.750 bits per heavy atom. The van der Waals surface area contributed by atoms with E-state index in [0.29, 0.717) is 0 Å². The molecule has 0 unspecified atom stereocenters. The number of aromatic nitrogens is 2. The molecule has 3 aromatic rings. The smallest absolute Gasteiger partial charge is 0.159 e. The zero-order valence-corrected chi connectivity index (χ0v) is 22.6. The lowest BCUT2D eigenvalue weighted by atomic mass is 9.98. The van der Waals surface area contributed by atoms with E-state index in [0.717, 1.165) is 47.0 Å². The summed E-state index contributed by atoms with van der Waals surface area (Å²) in [5.74, 6) is 2.42. The molecule has 0 aliphatic rings. The summed E-state index contributed by atoms with van der Waals surface area (Å²) in [6, 6.07) is 16.8. The van der Waals surface area contributed by atoms with Crippen LogP contribution in [0.3, 0.4) is 0 Å². The first-order valence-electron chi connectivity index (χ1n) is 14.0. The SMILES string of the molecule is CCCCCC/C=C/Oc1ccc(-c2ncc(-c3ccc(CCCCC[C@@H](C)CC)cc3)cn2)cc1. The van der Waals surface area contributed by atoms with E-state index in [1.165, 1.54) is 63.4 Å². The zero-order chi connectivity index (χ0) is 25.4. The summed E-state index contributed by atoms with van der Waals surface area (Å²) in [4.78, 5) is 9.23. The van der Waals surface area contributed by atoms with Crippen LogP contribution in [0, 0.1) is 5.92 Å². The van der Waals surface area contributed by atoms with Crippen molar-refractivity contribution >= 4 is 0 Å². The minimum Gasteiger partial charge on any atom is -0.465 e. The molecule has 0 aliphatic heterocycles. The fourth-order valence-corrected chi connectivity index (χ4v) is 4.26. The first-order valence-corrected chi connectivity index (χ1v) is 14.0. The first kappa shape index (κ1) is 27.6. The van der Waals surface area contributed by atoms with Crippen LogP contribution in [0.4, 0.5) is 0 Å². The maximum absolute atomic E-state index is 5.72. The van der Waals surface area contributed by atoms with Gasteiger partial charge in [0.05, 0.1) is 6.26 Å². The number of ether oxygens (including phenoxy) is 1. The maximum Gasteiger partial charge on any atom is 0.159 e. The predicted octanol–water partition coefficient (Wildman–Crippen LogP) is 9.82. The Balaban J connectivity index is 1.45. The van der Waals surface area contributed by atoms with Crippen molar-refractivity contribution in [3.8, 4) is 28.3 Å². The highest BCUT2D eigenvalue weighted by molar-refractivity contribution is 5.64. The van der Waals surface area contributed by atoms with Crippen LogP contribution in [0.25, 0.3) is 22.5 Å². The van der Waals surface area contributed by atoms with E-state index in [1.807, 2.05) is 36.7 Å². The molecule has 1 aromatic heterocycles. The third-order valence-electron chi connectivity index (χ3n) is 6.94. The summed E-state index contributed by atoms with van der Waals surface area (Å²) < 4.78 is 5.72. The van der Waals surface area contributed by atoms with Crippen molar-refractivity contribution in [2.75, 3.05) is 0 Å². The van der Waals surface area contributed by atoms with E-state index in [4.69, 9.17) is 4.74 Å². The molecule has 0 spiro atoms. The molecule has 0 radical (unpaired) electrons. The van der Waals surface area contributed by atoms with E-state index < -0.39 is 0 Å². The molecule has 1 atom stereocenters. The monoisotopic (exact) mass is 484 g/mol. The Hall–Kier alpha value is -2.94. The van der Waals surface area contributed by atoms with E-state index >= 15 is 0 Å². The molecule has 0 saturated heterocycles. The Labute approximate surface area is 219 Å². The van der Waals surface area contributed by atoms with Crippen molar-refractivity contribution in [1.82, 2.24) is 9.97 Å². The van der Waals surface area contributed by atoms with E-state index in [2.05, 4.69) is 61.1 Å². The molecule has 36 heavy (non-hydrogen) atoms. The molecule has 0 saturated carbocycles. The van der Waals surface area contributed by atoms with Crippen LogP contribution in [0.2, 0.25) is 0 Å². The van der Waals surface area contributed by atoms with Crippen LogP contribution in [0.15, 0.2) is 73.3 Å². The average Bonchev–Trinajstić information content (AvgIpc) is 2.93. The Morgan fingerprint density at radius 2 is 1.44 bits per heavy atom. The van der Waals surface area contributed by atoms with Crippen LogP contribution in [0.1, 0.15) is 90.5 Å². The second-order valence-electron chi connectivity index (χ2n) is 9.97. The zero-order valence-electron chi connectivity index (χ0n) is 22.6. The molecule has 0 aliphatic carbocycles. The van der Waals surface area contributed by atoms with Crippen molar-refractivity contribution in [3.05, 3.63) is 78.8 Å². The van der Waals surface area contributed by atoms with E-state index in [1.54, 1.807) is 6.26 Å². The molecule has 1 heterocycles. The third-order valence-corrected chi connectivity index (χ3v) is 6.94. The van der Waals surface area contributed by atoms with E-state index in [-0.39, 0.29) is 0 Å². The second-order valence-corrected chi connectivity index (χ2v) is 9.97. The lowest BCUT2D eigenvalue weighted by molar-refractivity contribution is 0.477. The highest BCUT2D eigenvalue weighted by atomic mass is 16.5. The van der Waals surface area contributed by atoms with Crippen LogP contribution < -0.4 is 4.74 Å². The Bertz CT molecular complexity index is 1010. The minimum atomic E-state index is 0.728. The molecule has 0 amide bonds. The number of hydrogen-bond acceptors (Lipinski definition) is 3. The van der Waals surface area contributed by atoms with Crippen molar-refractivity contribution in [2.45, 2.75) is 91.4 Å². The van der Waals surface area contributed by atoms with E-state index in [9.17, 15) is 0 Å². The van der Waals surface area contributed by atoms with Gasteiger partial charge >= 0.3 is 0 Å². The minimum absolute atomic E-state index is 0.728. The first-order chi connectivity index (χ1) is 17.7.